The van der Waals surface area contributed by atoms with Crippen molar-refractivity contribution in [2.45, 2.75) is 6.04 Å². The predicted octanol–water partition coefficient (Wildman–Crippen LogP) is 0.00610. The van der Waals surface area contributed by atoms with Crippen molar-refractivity contribution in [3.8, 4) is 0 Å². The van der Waals surface area contributed by atoms with E-state index in [0.29, 0.717) is 6.54 Å². The molecule has 7 nitrogen and oxygen atoms in total. The van der Waals surface area contributed by atoms with E-state index in [0.717, 1.165) is 32.7 Å². The van der Waals surface area contributed by atoms with Crippen LogP contribution in [0.2, 0.25) is 0 Å². The number of piperazine rings is 1. The molecule has 2 heterocycles. The summed E-state index contributed by atoms with van der Waals surface area (Å²) in [5.41, 5.74) is 8.16. The Morgan fingerprint density at radius 2 is 2.47 bits per heavy atom. The molecule has 0 aromatic heterocycles. The van der Waals surface area contributed by atoms with Gasteiger partial charge in [-0.25, -0.2) is 4.79 Å². The van der Waals surface area contributed by atoms with Crippen molar-refractivity contribution < 1.29 is 4.79 Å². The molecule has 15 heavy (non-hydrogen) atoms. The van der Waals surface area contributed by atoms with Crippen LogP contribution in [0.4, 0.5) is 4.79 Å². The van der Waals surface area contributed by atoms with Crippen LogP contribution in [0.15, 0.2) is 5.11 Å². The maximum absolute atomic E-state index is 11.3. The first kappa shape index (κ1) is 10.1. The fourth-order valence-electron chi connectivity index (χ4n) is 2.10. The first-order valence-electron chi connectivity index (χ1n) is 5.09. The summed E-state index contributed by atoms with van der Waals surface area (Å²) >= 11 is 0. The molecule has 2 saturated heterocycles. The second-order valence-corrected chi connectivity index (χ2v) is 3.79. The van der Waals surface area contributed by atoms with Crippen molar-refractivity contribution in [2.24, 2.45) is 5.11 Å². The molecule has 0 aromatic carbocycles. The zero-order chi connectivity index (χ0) is 10.7. The van der Waals surface area contributed by atoms with Gasteiger partial charge < -0.3 is 10.2 Å². The number of carbonyl (C=O) groups excluding carboxylic acids is 1. The third kappa shape index (κ3) is 2.14. The van der Waals surface area contributed by atoms with Gasteiger partial charge in [0.05, 0.1) is 6.04 Å². The van der Waals surface area contributed by atoms with E-state index in [-0.39, 0.29) is 12.1 Å². The van der Waals surface area contributed by atoms with Gasteiger partial charge in [0.1, 0.15) is 0 Å². The highest BCUT2D eigenvalue weighted by Gasteiger charge is 2.34. The topological polar surface area (TPSA) is 84.3 Å². The standard InChI is InChI=1S/C8H14N6O/c9-12-11-1-2-13-3-4-14-7(6-13)5-10-8(14)15/h7H,1-6H2,(H,10,15). The Morgan fingerprint density at radius 1 is 1.60 bits per heavy atom. The number of urea groups is 1. The Labute approximate surface area is 87.6 Å². The molecule has 1 N–H and O–H groups in total. The van der Waals surface area contributed by atoms with Gasteiger partial charge in [-0.2, -0.15) is 0 Å². The van der Waals surface area contributed by atoms with Crippen LogP contribution in [-0.2, 0) is 0 Å². The molecule has 1 unspecified atom stereocenters. The van der Waals surface area contributed by atoms with Crippen LogP contribution in [0.3, 0.4) is 0 Å². The minimum absolute atomic E-state index is 0.0506. The predicted molar refractivity (Wildman–Crippen MR) is 54.3 cm³/mol. The minimum Gasteiger partial charge on any atom is -0.336 e. The molecule has 2 fully saturated rings. The molecule has 0 aromatic rings. The van der Waals surface area contributed by atoms with Crippen LogP contribution in [-0.4, -0.2) is 61.1 Å². The summed E-state index contributed by atoms with van der Waals surface area (Å²) in [5, 5.41) is 6.34. The van der Waals surface area contributed by atoms with E-state index in [1.807, 2.05) is 4.90 Å². The van der Waals surface area contributed by atoms with Crippen molar-refractivity contribution >= 4 is 6.03 Å². The zero-order valence-electron chi connectivity index (χ0n) is 8.46. The Morgan fingerprint density at radius 3 is 3.27 bits per heavy atom. The molecular formula is C8H14N6O. The first-order chi connectivity index (χ1) is 7.31. The summed E-state index contributed by atoms with van der Waals surface area (Å²) in [5.74, 6) is 0. The highest BCUT2D eigenvalue weighted by molar-refractivity contribution is 5.77. The van der Waals surface area contributed by atoms with Crippen molar-refractivity contribution in [2.75, 3.05) is 39.3 Å². The Kier molecular flexibility index (Phi) is 2.94. The third-order valence-electron chi connectivity index (χ3n) is 2.90. The number of rotatable bonds is 3. The van der Waals surface area contributed by atoms with E-state index >= 15 is 0 Å². The first-order valence-corrected chi connectivity index (χ1v) is 5.09. The van der Waals surface area contributed by atoms with E-state index in [1.54, 1.807) is 0 Å². The Bertz CT molecular complexity index is 300. The van der Waals surface area contributed by atoms with E-state index in [1.165, 1.54) is 0 Å². The molecule has 2 aliphatic rings. The summed E-state index contributed by atoms with van der Waals surface area (Å²) in [7, 11) is 0. The fraction of sp³-hybridized carbons (Fsp3) is 0.875. The second kappa shape index (κ2) is 4.37. The normalized spacial score (nSPS) is 25.7. The van der Waals surface area contributed by atoms with Crippen LogP contribution in [0.1, 0.15) is 0 Å². The summed E-state index contributed by atoms with van der Waals surface area (Å²) in [6.07, 6.45) is 0. The summed E-state index contributed by atoms with van der Waals surface area (Å²) in [6.45, 7) is 4.53. The lowest BCUT2D eigenvalue weighted by molar-refractivity contribution is 0.124. The number of azide groups is 1. The molecule has 7 heteroatoms. The maximum Gasteiger partial charge on any atom is 0.317 e. The molecule has 2 aliphatic heterocycles. The van der Waals surface area contributed by atoms with E-state index in [4.69, 9.17) is 5.53 Å². The summed E-state index contributed by atoms with van der Waals surface area (Å²) in [4.78, 5) is 18.1. The number of carbonyl (C=O) groups is 1. The number of hydrogen-bond donors (Lipinski definition) is 1. The molecule has 0 radical (unpaired) electrons. The van der Waals surface area contributed by atoms with Gasteiger partial charge in [-0.15, -0.1) is 0 Å². The van der Waals surface area contributed by atoms with Gasteiger partial charge in [0, 0.05) is 44.2 Å². The van der Waals surface area contributed by atoms with Gasteiger partial charge in [0.15, 0.2) is 0 Å². The van der Waals surface area contributed by atoms with Crippen LogP contribution in [0.25, 0.3) is 10.4 Å². The van der Waals surface area contributed by atoms with Crippen LogP contribution in [0, 0.1) is 0 Å². The maximum atomic E-state index is 11.3. The van der Waals surface area contributed by atoms with Crippen molar-refractivity contribution in [3.63, 3.8) is 0 Å². The van der Waals surface area contributed by atoms with Crippen LogP contribution >= 0.6 is 0 Å². The molecule has 2 rings (SSSR count). The van der Waals surface area contributed by atoms with Crippen molar-refractivity contribution in [3.05, 3.63) is 10.4 Å². The zero-order valence-corrected chi connectivity index (χ0v) is 8.46. The lowest BCUT2D eigenvalue weighted by Gasteiger charge is -2.36. The SMILES string of the molecule is [N-]=[N+]=NCCN1CCN2C(=O)NCC2C1. The molecule has 0 saturated carbocycles. The molecule has 1 atom stereocenters. The number of nitrogens with zero attached hydrogens (tertiary/aromatic N) is 5. The number of hydrogen-bond acceptors (Lipinski definition) is 3. The summed E-state index contributed by atoms with van der Waals surface area (Å²) < 4.78 is 0. The minimum atomic E-state index is 0.0506. The van der Waals surface area contributed by atoms with Gasteiger partial charge >= 0.3 is 6.03 Å². The average molecular weight is 210 g/mol. The largest absolute Gasteiger partial charge is 0.336 e. The second-order valence-electron chi connectivity index (χ2n) is 3.79. The average Bonchev–Trinajstić information content (AvgIpc) is 2.61. The van der Waals surface area contributed by atoms with Gasteiger partial charge in [-0.3, -0.25) is 4.90 Å². The molecule has 0 spiro atoms. The van der Waals surface area contributed by atoms with Gasteiger partial charge in [0.25, 0.3) is 0 Å². The van der Waals surface area contributed by atoms with Gasteiger partial charge in [-0.05, 0) is 5.53 Å². The van der Waals surface area contributed by atoms with Crippen LogP contribution < -0.4 is 5.32 Å². The molecular weight excluding hydrogens is 196 g/mol. The summed E-state index contributed by atoms with van der Waals surface area (Å²) in [6, 6.07) is 0.340. The van der Waals surface area contributed by atoms with Crippen molar-refractivity contribution in [1.29, 1.82) is 0 Å². The number of fused-ring (bicyclic) bond motifs is 1. The Hall–Kier alpha value is -1.46. The van der Waals surface area contributed by atoms with Gasteiger partial charge in [-0.1, -0.05) is 5.11 Å². The molecule has 0 bridgehead atoms. The number of nitrogens with one attached hydrogen (secondary N) is 1. The van der Waals surface area contributed by atoms with E-state index < -0.39 is 0 Å². The molecule has 0 aliphatic carbocycles. The lowest BCUT2D eigenvalue weighted by atomic mass is 10.2. The van der Waals surface area contributed by atoms with Crippen LogP contribution in [0.5, 0.6) is 0 Å². The molecule has 82 valence electrons. The smallest absolute Gasteiger partial charge is 0.317 e. The van der Waals surface area contributed by atoms with E-state index in [2.05, 4.69) is 20.2 Å². The Balaban J connectivity index is 1.82. The fourth-order valence-corrected chi connectivity index (χ4v) is 2.10. The monoisotopic (exact) mass is 210 g/mol. The highest BCUT2D eigenvalue weighted by atomic mass is 16.2. The number of amides is 2. The van der Waals surface area contributed by atoms with Crippen molar-refractivity contribution in [1.82, 2.24) is 15.1 Å². The lowest BCUT2D eigenvalue weighted by Crippen LogP contribution is -2.52. The quantitative estimate of drug-likeness (QED) is 0.404. The van der Waals surface area contributed by atoms with Gasteiger partial charge in [0.2, 0.25) is 0 Å². The third-order valence-corrected chi connectivity index (χ3v) is 2.90. The van der Waals surface area contributed by atoms with E-state index in [9.17, 15) is 4.79 Å². The molecule has 2 amide bonds. The highest BCUT2D eigenvalue weighted by Crippen LogP contribution is 2.13.